The lowest BCUT2D eigenvalue weighted by atomic mass is 10.0. The van der Waals surface area contributed by atoms with Crippen molar-refractivity contribution in [2.24, 2.45) is 0 Å². The van der Waals surface area contributed by atoms with E-state index in [4.69, 9.17) is 10.5 Å². The van der Waals surface area contributed by atoms with Crippen LogP contribution in [-0.2, 0) is 4.79 Å². The smallest absolute Gasteiger partial charge is 0.246 e. The molecule has 2 rings (SSSR count). The first-order valence-electron chi connectivity index (χ1n) is 7.73. The van der Waals surface area contributed by atoms with E-state index in [1.54, 1.807) is 18.2 Å². The topological polar surface area (TPSA) is 55.6 Å². The number of rotatable bonds is 5. The quantitative estimate of drug-likeness (QED) is 0.516. The fraction of sp³-hybridized carbons (Fsp3) is 0.389. The Morgan fingerprint density at radius 3 is 3.00 bits per heavy atom. The van der Waals surface area contributed by atoms with Gasteiger partial charge in [-0.1, -0.05) is 18.7 Å². The van der Waals surface area contributed by atoms with E-state index in [1.807, 2.05) is 23.1 Å². The molecular weight excluding hydrogens is 276 g/mol. The Morgan fingerprint density at radius 1 is 1.50 bits per heavy atom. The second-order valence-electron chi connectivity index (χ2n) is 5.61. The van der Waals surface area contributed by atoms with Crippen molar-refractivity contribution in [2.75, 3.05) is 18.9 Å². The molecule has 22 heavy (non-hydrogen) atoms. The van der Waals surface area contributed by atoms with Crippen LogP contribution in [0, 0.1) is 0 Å². The Bertz CT molecular complexity index is 566. The Labute approximate surface area is 132 Å². The maximum Gasteiger partial charge on any atom is 0.246 e. The predicted molar refractivity (Wildman–Crippen MR) is 90.6 cm³/mol. The van der Waals surface area contributed by atoms with Crippen molar-refractivity contribution in [2.45, 2.75) is 32.2 Å². The molecule has 2 N–H and O–H groups in total. The van der Waals surface area contributed by atoms with Gasteiger partial charge in [0, 0.05) is 18.7 Å². The zero-order valence-electron chi connectivity index (χ0n) is 13.1. The van der Waals surface area contributed by atoms with Gasteiger partial charge in [0.25, 0.3) is 0 Å². The molecular formula is C18H24N2O2. The third-order valence-electron chi connectivity index (χ3n) is 3.89. The van der Waals surface area contributed by atoms with Gasteiger partial charge in [-0.2, -0.15) is 0 Å². The summed E-state index contributed by atoms with van der Waals surface area (Å²) in [6.45, 7) is 6.98. The molecule has 0 radical (unpaired) electrons. The Kier molecular flexibility index (Phi) is 5.64. The minimum atomic E-state index is 0.0674. The van der Waals surface area contributed by atoms with E-state index in [-0.39, 0.29) is 5.91 Å². The summed E-state index contributed by atoms with van der Waals surface area (Å²) < 4.78 is 5.43. The minimum absolute atomic E-state index is 0.0674. The monoisotopic (exact) mass is 300 g/mol. The van der Waals surface area contributed by atoms with Crippen LogP contribution in [-0.4, -0.2) is 30.0 Å². The van der Waals surface area contributed by atoms with Crippen molar-refractivity contribution in [3.05, 3.63) is 42.5 Å². The van der Waals surface area contributed by atoms with Crippen molar-refractivity contribution >= 4 is 17.7 Å². The van der Waals surface area contributed by atoms with Gasteiger partial charge in [-0.25, -0.2) is 0 Å². The molecule has 118 valence electrons. The van der Waals surface area contributed by atoms with Crippen LogP contribution < -0.4 is 10.5 Å². The number of carbonyl (C=O) groups excluding carboxylic acids is 1. The van der Waals surface area contributed by atoms with Gasteiger partial charge >= 0.3 is 0 Å². The number of amides is 1. The fourth-order valence-corrected chi connectivity index (χ4v) is 2.64. The molecule has 1 aliphatic heterocycles. The zero-order valence-corrected chi connectivity index (χ0v) is 13.1. The number of anilines is 1. The van der Waals surface area contributed by atoms with Crippen LogP contribution in [0.4, 0.5) is 5.69 Å². The van der Waals surface area contributed by atoms with Gasteiger partial charge in [0.15, 0.2) is 0 Å². The summed E-state index contributed by atoms with van der Waals surface area (Å²) in [4.78, 5) is 14.2. The highest BCUT2D eigenvalue weighted by Gasteiger charge is 2.21. The van der Waals surface area contributed by atoms with Gasteiger partial charge in [0.05, 0.1) is 5.69 Å². The van der Waals surface area contributed by atoms with E-state index < -0.39 is 0 Å². The molecule has 1 fully saturated rings. The second kappa shape index (κ2) is 7.69. The van der Waals surface area contributed by atoms with Crippen molar-refractivity contribution in [3.8, 4) is 5.75 Å². The number of benzene rings is 1. The average Bonchev–Trinajstić information content (AvgIpc) is 2.52. The molecule has 1 aliphatic rings. The molecule has 0 aromatic heterocycles. The van der Waals surface area contributed by atoms with Gasteiger partial charge in [-0.05, 0) is 50.0 Å². The second-order valence-corrected chi connectivity index (χ2v) is 5.61. The Hall–Kier alpha value is -2.23. The van der Waals surface area contributed by atoms with Crippen LogP contribution in [0.5, 0.6) is 5.75 Å². The Balaban J connectivity index is 2.01. The number of nitrogens with zero attached hydrogens (tertiary/aromatic N) is 1. The molecule has 1 heterocycles. The van der Waals surface area contributed by atoms with E-state index in [1.165, 1.54) is 6.42 Å². The SMILES string of the molecule is C=CCOc1ccc(/C=C\C(=O)N2CCCCC2C)cc1N. The normalized spacial score (nSPS) is 18.4. The molecule has 1 saturated heterocycles. The van der Waals surface area contributed by atoms with Crippen molar-refractivity contribution < 1.29 is 9.53 Å². The maximum absolute atomic E-state index is 12.2. The summed E-state index contributed by atoms with van der Waals surface area (Å²) >= 11 is 0. The highest BCUT2D eigenvalue weighted by Crippen LogP contribution is 2.23. The predicted octanol–water partition coefficient (Wildman–Crippen LogP) is 3.25. The number of nitrogens with two attached hydrogens (primary N) is 1. The van der Waals surface area contributed by atoms with E-state index in [0.717, 1.165) is 24.9 Å². The molecule has 1 aromatic rings. The van der Waals surface area contributed by atoms with Crippen LogP contribution >= 0.6 is 0 Å². The molecule has 1 unspecified atom stereocenters. The third-order valence-corrected chi connectivity index (χ3v) is 3.89. The Morgan fingerprint density at radius 2 is 2.32 bits per heavy atom. The molecule has 0 saturated carbocycles. The largest absolute Gasteiger partial charge is 0.487 e. The molecule has 0 bridgehead atoms. The van der Waals surface area contributed by atoms with Gasteiger partial charge in [0.2, 0.25) is 5.91 Å². The highest BCUT2D eigenvalue weighted by atomic mass is 16.5. The summed E-state index contributed by atoms with van der Waals surface area (Å²) in [5, 5.41) is 0. The number of hydrogen-bond acceptors (Lipinski definition) is 3. The first kappa shape index (κ1) is 16.1. The molecule has 0 aliphatic carbocycles. The van der Waals surface area contributed by atoms with Crippen LogP contribution in [0.1, 0.15) is 31.7 Å². The van der Waals surface area contributed by atoms with Crippen molar-refractivity contribution in [1.82, 2.24) is 4.90 Å². The average molecular weight is 300 g/mol. The van der Waals surface area contributed by atoms with Crippen LogP contribution in [0.15, 0.2) is 36.9 Å². The number of hydrogen-bond donors (Lipinski definition) is 1. The molecule has 1 aromatic carbocycles. The van der Waals surface area contributed by atoms with Gasteiger partial charge in [-0.15, -0.1) is 0 Å². The summed E-state index contributed by atoms with van der Waals surface area (Å²) in [7, 11) is 0. The zero-order chi connectivity index (χ0) is 15.9. The lowest BCUT2D eigenvalue weighted by Gasteiger charge is -2.32. The van der Waals surface area contributed by atoms with E-state index in [0.29, 0.717) is 24.1 Å². The summed E-state index contributed by atoms with van der Waals surface area (Å²) in [5.74, 6) is 0.700. The molecule has 1 amide bonds. The van der Waals surface area contributed by atoms with Crippen molar-refractivity contribution in [1.29, 1.82) is 0 Å². The lowest BCUT2D eigenvalue weighted by Crippen LogP contribution is -2.41. The first-order chi connectivity index (χ1) is 10.6. The number of likely N-dealkylation sites (tertiary alicyclic amines) is 1. The molecule has 1 atom stereocenters. The summed E-state index contributed by atoms with van der Waals surface area (Å²) in [6.07, 6.45) is 8.48. The number of nitrogen functional groups attached to an aromatic ring is 1. The van der Waals surface area contributed by atoms with E-state index in [2.05, 4.69) is 13.5 Å². The van der Waals surface area contributed by atoms with E-state index >= 15 is 0 Å². The minimum Gasteiger partial charge on any atom is -0.487 e. The van der Waals surface area contributed by atoms with Gasteiger partial charge in [-0.3, -0.25) is 4.79 Å². The summed E-state index contributed by atoms with van der Waals surface area (Å²) in [6, 6.07) is 5.83. The van der Waals surface area contributed by atoms with Crippen LogP contribution in [0.2, 0.25) is 0 Å². The molecule has 4 nitrogen and oxygen atoms in total. The van der Waals surface area contributed by atoms with Gasteiger partial charge < -0.3 is 15.4 Å². The van der Waals surface area contributed by atoms with Crippen LogP contribution in [0.25, 0.3) is 6.08 Å². The number of ether oxygens (including phenoxy) is 1. The standard InChI is InChI=1S/C18H24N2O2/c1-3-12-22-17-9-7-15(13-16(17)19)8-10-18(21)20-11-5-4-6-14(20)2/h3,7-10,13-14H,1,4-6,11-12,19H2,2H3/b10-8-. The number of piperidine rings is 1. The van der Waals surface area contributed by atoms with E-state index in [9.17, 15) is 4.79 Å². The maximum atomic E-state index is 12.2. The first-order valence-corrected chi connectivity index (χ1v) is 7.73. The van der Waals surface area contributed by atoms with Gasteiger partial charge in [0.1, 0.15) is 12.4 Å². The lowest BCUT2D eigenvalue weighted by molar-refractivity contribution is -0.129. The molecule has 0 spiro atoms. The van der Waals surface area contributed by atoms with Crippen LogP contribution in [0.3, 0.4) is 0 Å². The fourth-order valence-electron chi connectivity index (χ4n) is 2.64. The third kappa shape index (κ3) is 4.13. The number of carbonyl (C=O) groups is 1. The highest BCUT2D eigenvalue weighted by molar-refractivity contribution is 5.92. The molecule has 4 heteroatoms. The van der Waals surface area contributed by atoms with Crippen molar-refractivity contribution in [3.63, 3.8) is 0 Å². The summed E-state index contributed by atoms with van der Waals surface area (Å²) in [5.41, 5.74) is 7.39.